The van der Waals surface area contributed by atoms with Crippen LogP contribution in [-0.2, 0) is 11.2 Å². The normalized spacial score (nSPS) is 10.7. The average molecular weight is 339 g/mol. The molecule has 0 aliphatic heterocycles. The number of hydrogen-bond acceptors (Lipinski definition) is 4. The van der Waals surface area contributed by atoms with Crippen molar-refractivity contribution in [1.82, 2.24) is 5.43 Å². The number of carbonyl (C=O) groups excluding carboxylic acids is 1. The van der Waals surface area contributed by atoms with Crippen molar-refractivity contribution in [2.75, 3.05) is 25.1 Å². The summed E-state index contributed by atoms with van der Waals surface area (Å²) in [6.45, 7) is 6.23. The van der Waals surface area contributed by atoms with Gasteiger partial charge in [-0.3, -0.25) is 4.79 Å². The largest absolute Gasteiger partial charge is 0.497 e. The third kappa shape index (κ3) is 5.64. The third-order valence-corrected chi connectivity index (χ3v) is 3.95. The lowest BCUT2D eigenvalue weighted by molar-refractivity contribution is -0.120. The number of ether oxygens (including phenoxy) is 1. The molecule has 0 atom stereocenters. The first-order valence-corrected chi connectivity index (χ1v) is 8.46. The number of hydrogen-bond donors (Lipinski definition) is 1. The fourth-order valence-corrected chi connectivity index (χ4v) is 2.51. The first kappa shape index (κ1) is 18.5. The van der Waals surface area contributed by atoms with Crippen LogP contribution in [-0.4, -0.2) is 32.3 Å². The van der Waals surface area contributed by atoms with Gasteiger partial charge >= 0.3 is 0 Å². The van der Waals surface area contributed by atoms with E-state index in [-0.39, 0.29) is 12.3 Å². The predicted octanol–water partition coefficient (Wildman–Crippen LogP) is 3.23. The average Bonchev–Trinajstić information content (AvgIpc) is 2.64. The second-order valence-corrected chi connectivity index (χ2v) is 5.58. The molecular weight excluding hydrogens is 314 g/mol. The highest BCUT2D eigenvalue weighted by Crippen LogP contribution is 2.14. The maximum absolute atomic E-state index is 11.9. The molecule has 0 saturated carbocycles. The highest BCUT2D eigenvalue weighted by molar-refractivity contribution is 5.83. The first-order valence-electron chi connectivity index (χ1n) is 8.46. The van der Waals surface area contributed by atoms with E-state index < -0.39 is 0 Å². The topological polar surface area (TPSA) is 53.9 Å². The Morgan fingerprint density at radius 1 is 1.08 bits per heavy atom. The van der Waals surface area contributed by atoms with Crippen LogP contribution in [0, 0.1) is 0 Å². The van der Waals surface area contributed by atoms with Crippen LogP contribution in [0.3, 0.4) is 0 Å². The molecule has 0 fully saturated rings. The summed E-state index contributed by atoms with van der Waals surface area (Å²) in [4.78, 5) is 14.2. The van der Waals surface area contributed by atoms with E-state index in [4.69, 9.17) is 4.74 Å². The smallest absolute Gasteiger partial charge is 0.244 e. The maximum atomic E-state index is 11.9. The lowest BCUT2D eigenvalue weighted by Gasteiger charge is -2.20. The van der Waals surface area contributed by atoms with Gasteiger partial charge in [-0.25, -0.2) is 5.43 Å². The number of carbonyl (C=O) groups is 1. The van der Waals surface area contributed by atoms with Gasteiger partial charge in [0.25, 0.3) is 0 Å². The molecule has 2 rings (SSSR count). The fraction of sp³-hybridized carbons (Fsp3) is 0.300. The van der Waals surface area contributed by atoms with Gasteiger partial charge in [0.2, 0.25) is 5.91 Å². The predicted molar refractivity (Wildman–Crippen MR) is 102 cm³/mol. The van der Waals surface area contributed by atoms with Gasteiger partial charge in [-0.1, -0.05) is 24.3 Å². The van der Waals surface area contributed by atoms with Gasteiger partial charge in [0.05, 0.1) is 19.7 Å². The Bertz CT molecular complexity index is 690. The summed E-state index contributed by atoms with van der Waals surface area (Å²) in [5.41, 5.74) is 5.60. The zero-order chi connectivity index (χ0) is 18.1. The lowest BCUT2D eigenvalue weighted by atomic mass is 10.1. The van der Waals surface area contributed by atoms with Crippen molar-refractivity contribution in [3.05, 3.63) is 59.7 Å². The number of anilines is 1. The molecule has 5 heteroatoms. The van der Waals surface area contributed by atoms with E-state index in [0.717, 1.165) is 30.0 Å². The van der Waals surface area contributed by atoms with Crippen molar-refractivity contribution < 1.29 is 9.53 Å². The van der Waals surface area contributed by atoms with Crippen molar-refractivity contribution >= 4 is 17.8 Å². The van der Waals surface area contributed by atoms with Crippen LogP contribution < -0.4 is 15.1 Å². The van der Waals surface area contributed by atoms with Crippen molar-refractivity contribution in [3.63, 3.8) is 0 Å². The number of amides is 1. The summed E-state index contributed by atoms with van der Waals surface area (Å²) >= 11 is 0. The number of methoxy groups -OCH3 is 1. The van der Waals surface area contributed by atoms with Gasteiger partial charge in [-0.2, -0.15) is 5.10 Å². The molecule has 0 aromatic heterocycles. The van der Waals surface area contributed by atoms with Crippen molar-refractivity contribution in [2.45, 2.75) is 20.3 Å². The monoisotopic (exact) mass is 339 g/mol. The van der Waals surface area contributed by atoms with Gasteiger partial charge in [-0.05, 0) is 49.2 Å². The Labute approximate surface area is 149 Å². The molecule has 0 spiro atoms. The minimum atomic E-state index is -0.152. The van der Waals surface area contributed by atoms with E-state index in [1.54, 1.807) is 13.3 Å². The summed E-state index contributed by atoms with van der Waals surface area (Å²) in [5.74, 6) is 0.622. The molecule has 0 saturated heterocycles. The van der Waals surface area contributed by atoms with Gasteiger partial charge in [0.15, 0.2) is 0 Å². The van der Waals surface area contributed by atoms with E-state index in [0.29, 0.717) is 0 Å². The van der Waals surface area contributed by atoms with Crippen molar-refractivity contribution in [2.24, 2.45) is 5.10 Å². The Kier molecular flexibility index (Phi) is 7.01. The molecule has 0 radical (unpaired) electrons. The Morgan fingerprint density at radius 3 is 2.28 bits per heavy atom. The van der Waals surface area contributed by atoms with Crippen LogP contribution in [0.15, 0.2) is 53.6 Å². The molecule has 1 N–H and O–H groups in total. The lowest BCUT2D eigenvalue weighted by Crippen LogP contribution is -2.21. The molecule has 1 amide bonds. The zero-order valence-corrected chi connectivity index (χ0v) is 15.0. The Morgan fingerprint density at radius 2 is 1.72 bits per heavy atom. The second-order valence-electron chi connectivity index (χ2n) is 5.58. The number of hydrazone groups is 1. The second kappa shape index (κ2) is 9.47. The standard InChI is InChI=1S/C20H25N3O2/c1-4-23(5-2)18-10-6-17(7-11-18)15-21-22-20(24)14-16-8-12-19(25-3)13-9-16/h6-13,15H,4-5,14H2,1-3H3,(H,22,24)/b21-15-. The molecule has 132 valence electrons. The summed E-state index contributed by atoms with van der Waals surface area (Å²) < 4.78 is 5.10. The minimum Gasteiger partial charge on any atom is -0.497 e. The van der Waals surface area contributed by atoms with Crippen LogP contribution in [0.5, 0.6) is 5.75 Å². The highest BCUT2D eigenvalue weighted by Gasteiger charge is 2.03. The fourth-order valence-electron chi connectivity index (χ4n) is 2.51. The van der Waals surface area contributed by atoms with Crippen molar-refractivity contribution in [1.29, 1.82) is 0 Å². The molecule has 5 nitrogen and oxygen atoms in total. The van der Waals surface area contributed by atoms with E-state index in [1.807, 2.05) is 36.4 Å². The molecule has 25 heavy (non-hydrogen) atoms. The van der Waals surface area contributed by atoms with Crippen molar-refractivity contribution in [3.8, 4) is 5.75 Å². The minimum absolute atomic E-state index is 0.152. The number of nitrogens with one attached hydrogen (secondary N) is 1. The Hall–Kier alpha value is -2.82. The van der Waals surface area contributed by atoms with E-state index >= 15 is 0 Å². The van der Waals surface area contributed by atoms with Gasteiger partial charge < -0.3 is 9.64 Å². The van der Waals surface area contributed by atoms with E-state index in [9.17, 15) is 4.79 Å². The molecule has 0 bridgehead atoms. The number of benzene rings is 2. The molecule has 0 aliphatic rings. The summed E-state index contributed by atoms with van der Waals surface area (Å²) in [7, 11) is 1.62. The van der Waals surface area contributed by atoms with Gasteiger partial charge in [-0.15, -0.1) is 0 Å². The highest BCUT2D eigenvalue weighted by atomic mass is 16.5. The maximum Gasteiger partial charge on any atom is 0.244 e. The molecule has 2 aromatic carbocycles. The summed E-state index contributed by atoms with van der Waals surface area (Å²) in [6.07, 6.45) is 1.93. The SMILES string of the molecule is CCN(CC)c1ccc(/C=N\NC(=O)Cc2ccc(OC)cc2)cc1. The van der Waals surface area contributed by atoms with Gasteiger partial charge in [0.1, 0.15) is 5.75 Å². The molecular formula is C20H25N3O2. The number of nitrogens with zero attached hydrogens (tertiary/aromatic N) is 2. The van der Waals surface area contributed by atoms with Crippen LogP contribution in [0.2, 0.25) is 0 Å². The molecule has 0 unspecified atom stereocenters. The molecule has 0 heterocycles. The number of rotatable bonds is 8. The first-order chi connectivity index (χ1) is 12.2. The van der Waals surface area contributed by atoms with Crippen LogP contribution in [0.25, 0.3) is 0 Å². The van der Waals surface area contributed by atoms with E-state index in [2.05, 4.69) is 41.4 Å². The molecule has 2 aromatic rings. The van der Waals surface area contributed by atoms with Crippen LogP contribution >= 0.6 is 0 Å². The zero-order valence-electron chi connectivity index (χ0n) is 15.0. The van der Waals surface area contributed by atoms with Crippen LogP contribution in [0.4, 0.5) is 5.69 Å². The summed E-state index contributed by atoms with van der Waals surface area (Å²) in [6, 6.07) is 15.5. The third-order valence-electron chi connectivity index (χ3n) is 3.95. The summed E-state index contributed by atoms with van der Waals surface area (Å²) in [5, 5.41) is 4.02. The quantitative estimate of drug-likeness (QED) is 0.593. The molecule has 0 aliphatic carbocycles. The Balaban J connectivity index is 1.86. The van der Waals surface area contributed by atoms with Gasteiger partial charge in [0, 0.05) is 18.8 Å². The van der Waals surface area contributed by atoms with Crippen LogP contribution in [0.1, 0.15) is 25.0 Å². The van der Waals surface area contributed by atoms with E-state index in [1.165, 1.54) is 5.69 Å².